The number of hydrogen-bond donors (Lipinski definition) is 0. The Labute approximate surface area is 103 Å². The Morgan fingerprint density at radius 3 is 2.47 bits per heavy atom. The van der Waals surface area contributed by atoms with Crippen molar-refractivity contribution in [2.75, 3.05) is 7.11 Å². The highest BCUT2D eigenvalue weighted by molar-refractivity contribution is 9.10. The zero-order valence-corrected chi connectivity index (χ0v) is 10.0. The maximum atomic E-state index is 12.6. The third kappa shape index (κ3) is 2.77. The lowest BCUT2D eigenvalue weighted by Crippen LogP contribution is -2.14. The SMILES string of the molecule is COC(=O)c1cc(C#N)c(Br)cc1C(F)(F)F. The van der Waals surface area contributed by atoms with E-state index in [1.54, 1.807) is 6.07 Å². The van der Waals surface area contributed by atoms with Gasteiger partial charge in [0.15, 0.2) is 0 Å². The van der Waals surface area contributed by atoms with Gasteiger partial charge in [-0.2, -0.15) is 18.4 Å². The topological polar surface area (TPSA) is 50.1 Å². The van der Waals surface area contributed by atoms with Gasteiger partial charge in [-0.3, -0.25) is 0 Å². The Hall–Kier alpha value is -1.55. The van der Waals surface area contributed by atoms with E-state index in [0.717, 1.165) is 13.2 Å². The number of benzene rings is 1. The van der Waals surface area contributed by atoms with Crippen molar-refractivity contribution in [1.82, 2.24) is 0 Å². The molecular formula is C10H5BrF3NO2. The van der Waals surface area contributed by atoms with Gasteiger partial charge in [-0.25, -0.2) is 4.79 Å². The van der Waals surface area contributed by atoms with Gasteiger partial charge in [-0.1, -0.05) is 0 Å². The Kier molecular flexibility index (Phi) is 3.78. The fourth-order valence-corrected chi connectivity index (χ4v) is 1.60. The van der Waals surface area contributed by atoms with Crippen LogP contribution in [0.25, 0.3) is 0 Å². The number of halogens is 4. The second-order valence-corrected chi connectivity index (χ2v) is 3.83. The highest BCUT2D eigenvalue weighted by Gasteiger charge is 2.36. The van der Waals surface area contributed by atoms with E-state index in [0.29, 0.717) is 6.07 Å². The predicted molar refractivity (Wildman–Crippen MR) is 55.2 cm³/mol. The number of ether oxygens (including phenoxy) is 1. The van der Waals surface area contributed by atoms with E-state index in [4.69, 9.17) is 5.26 Å². The minimum atomic E-state index is -4.69. The van der Waals surface area contributed by atoms with Crippen molar-refractivity contribution in [3.05, 3.63) is 33.3 Å². The highest BCUT2D eigenvalue weighted by atomic mass is 79.9. The molecule has 90 valence electrons. The molecule has 17 heavy (non-hydrogen) atoms. The number of carbonyl (C=O) groups is 1. The first-order valence-electron chi connectivity index (χ1n) is 4.20. The van der Waals surface area contributed by atoms with E-state index in [1.807, 2.05) is 0 Å². The van der Waals surface area contributed by atoms with E-state index in [-0.39, 0.29) is 10.0 Å². The van der Waals surface area contributed by atoms with Crippen molar-refractivity contribution in [2.45, 2.75) is 6.18 Å². The van der Waals surface area contributed by atoms with Gasteiger partial charge < -0.3 is 4.74 Å². The Balaban J connectivity index is 3.54. The molecule has 0 aromatic heterocycles. The summed E-state index contributed by atoms with van der Waals surface area (Å²) < 4.78 is 42.2. The van der Waals surface area contributed by atoms with Crippen LogP contribution in [0.1, 0.15) is 21.5 Å². The predicted octanol–water partition coefficient (Wildman–Crippen LogP) is 3.13. The average molecular weight is 308 g/mol. The van der Waals surface area contributed by atoms with E-state index in [9.17, 15) is 18.0 Å². The fraction of sp³-hybridized carbons (Fsp3) is 0.200. The first-order valence-corrected chi connectivity index (χ1v) is 4.99. The van der Waals surface area contributed by atoms with Crippen molar-refractivity contribution in [1.29, 1.82) is 5.26 Å². The lowest BCUT2D eigenvalue weighted by atomic mass is 10.0. The van der Waals surface area contributed by atoms with E-state index >= 15 is 0 Å². The molecule has 0 N–H and O–H groups in total. The van der Waals surface area contributed by atoms with E-state index < -0.39 is 23.3 Å². The summed E-state index contributed by atoms with van der Waals surface area (Å²) in [5, 5.41) is 8.68. The van der Waals surface area contributed by atoms with E-state index in [1.165, 1.54) is 0 Å². The molecular weight excluding hydrogens is 303 g/mol. The standard InChI is InChI=1S/C10H5BrF3NO2/c1-17-9(16)6-2-5(4-15)8(11)3-7(6)10(12,13)14/h2-3H,1H3. The number of nitriles is 1. The molecule has 1 aromatic carbocycles. The van der Waals surface area contributed by atoms with Gasteiger partial charge >= 0.3 is 12.1 Å². The van der Waals surface area contributed by atoms with Crippen LogP contribution in [-0.2, 0) is 10.9 Å². The van der Waals surface area contributed by atoms with Crippen LogP contribution in [0.5, 0.6) is 0 Å². The Morgan fingerprint density at radius 2 is 2.06 bits per heavy atom. The fourth-order valence-electron chi connectivity index (χ4n) is 1.17. The molecule has 0 atom stereocenters. The molecule has 7 heteroatoms. The quantitative estimate of drug-likeness (QED) is 0.749. The molecule has 1 rings (SSSR count). The molecule has 0 spiro atoms. The second kappa shape index (κ2) is 4.75. The number of carbonyl (C=O) groups excluding carboxylic acids is 1. The van der Waals surface area contributed by atoms with Gasteiger partial charge in [0.2, 0.25) is 0 Å². The van der Waals surface area contributed by atoms with Crippen molar-refractivity contribution < 1.29 is 22.7 Å². The van der Waals surface area contributed by atoms with Crippen LogP contribution in [0.3, 0.4) is 0 Å². The normalized spacial score (nSPS) is 10.8. The molecule has 0 radical (unpaired) electrons. The van der Waals surface area contributed by atoms with Crippen molar-refractivity contribution >= 4 is 21.9 Å². The third-order valence-corrected chi connectivity index (χ3v) is 2.59. The number of hydrogen-bond acceptors (Lipinski definition) is 3. The number of rotatable bonds is 1. The molecule has 0 saturated carbocycles. The zero-order valence-electron chi connectivity index (χ0n) is 8.43. The first kappa shape index (κ1) is 13.5. The summed E-state index contributed by atoms with van der Waals surface area (Å²) in [5.41, 5.74) is -1.90. The van der Waals surface area contributed by atoms with Gasteiger partial charge in [0.05, 0.1) is 23.8 Å². The molecule has 0 heterocycles. The first-order chi connectivity index (χ1) is 7.81. The smallest absolute Gasteiger partial charge is 0.417 e. The summed E-state index contributed by atoms with van der Waals surface area (Å²) in [6.45, 7) is 0. The van der Waals surface area contributed by atoms with Crippen LogP contribution < -0.4 is 0 Å². The minimum absolute atomic E-state index is 0.0278. The molecule has 0 bridgehead atoms. The molecule has 3 nitrogen and oxygen atoms in total. The summed E-state index contributed by atoms with van der Waals surface area (Å²) in [6, 6.07) is 3.20. The number of esters is 1. The van der Waals surface area contributed by atoms with Crippen LogP contribution in [0.2, 0.25) is 0 Å². The maximum Gasteiger partial charge on any atom is 0.417 e. The number of alkyl halides is 3. The van der Waals surface area contributed by atoms with Crippen LogP contribution in [-0.4, -0.2) is 13.1 Å². The summed E-state index contributed by atoms with van der Waals surface area (Å²) in [5.74, 6) is -1.14. The van der Waals surface area contributed by atoms with Gasteiger partial charge in [-0.15, -0.1) is 0 Å². The summed E-state index contributed by atoms with van der Waals surface area (Å²) in [6.07, 6.45) is -4.69. The lowest BCUT2D eigenvalue weighted by molar-refractivity contribution is -0.138. The molecule has 0 aliphatic carbocycles. The molecule has 0 amide bonds. The van der Waals surface area contributed by atoms with E-state index in [2.05, 4.69) is 20.7 Å². The minimum Gasteiger partial charge on any atom is -0.465 e. The monoisotopic (exact) mass is 307 g/mol. The molecule has 0 saturated heterocycles. The Bertz CT molecular complexity index is 505. The average Bonchev–Trinajstić information content (AvgIpc) is 2.26. The summed E-state index contributed by atoms with van der Waals surface area (Å²) in [4.78, 5) is 11.2. The largest absolute Gasteiger partial charge is 0.465 e. The molecule has 0 unspecified atom stereocenters. The molecule has 0 aliphatic heterocycles. The number of nitrogens with zero attached hydrogens (tertiary/aromatic N) is 1. The van der Waals surface area contributed by atoms with Crippen LogP contribution in [0.4, 0.5) is 13.2 Å². The van der Waals surface area contributed by atoms with Gasteiger partial charge in [-0.05, 0) is 28.1 Å². The van der Waals surface area contributed by atoms with Crippen LogP contribution >= 0.6 is 15.9 Å². The van der Waals surface area contributed by atoms with Gasteiger partial charge in [0, 0.05) is 4.47 Å². The summed E-state index contributed by atoms with van der Waals surface area (Å²) in [7, 11) is 0.969. The lowest BCUT2D eigenvalue weighted by Gasteiger charge is -2.12. The third-order valence-electron chi connectivity index (χ3n) is 1.94. The van der Waals surface area contributed by atoms with Crippen molar-refractivity contribution in [3.63, 3.8) is 0 Å². The second-order valence-electron chi connectivity index (χ2n) is 2.98. The van der Waals surface area contributed by atoms with Gasteiger partial charge in [0.1, 0.15) is 6.07 Å². The zero-order chi connectivity index (χ0) is 13.2. The van der Waals surface area contributed by atoms with Crippen molar-refractivity contribution in [3.8, 4) is 6.07 Å². The molecule has 1 aromatic rings. The molecule has 0 aliphatic rings. The van der Waals surface area contributed by atoms with Gasteiger partial charge in [0.25, 0.3) is 0 Å². The Morgan fingerprint density at radius 1 is 1.47 bits per heavy atom. The molecule has 0 fully saturated rings. The summed E-state index contributed by atoms with van der Waals surface area (Å²) >= 11 is 2.83. The highest BCUT2D eigenvalue weighted by Crippen LogP contribution is 2.35. The van der Waals surface area contributed by atoms with Crippen molar-refractivity contribution in [2.24, 2.45) is 0 Å². The van der Waals surface area contributed by atoms with Crippen LogP contribution in [0, 0.1) is 11.3 Å². The number of methoxy groups -OCH3 is 1. The maximum absolute atomic E-state index is 12.6. The van der Waals surface area contributed by atoms with Crippen LogP contribution in [0.15, 0.2) is 16.6 Å².